The first kappa shape index (κ1) is 13.1. The van der Waals surface area contributed by atoms with Crippen LogP contribution in [0, 0.1) is 0 Å². The number of hydrogen-bond acceptors (Lipinski definition) is 2. The molecule has 3 rings (SSSR count). The first-order chi connectivity index (χ1) is 10.3. The molecule has 1 N–H and O–H groups in total. The summed E-state index contributed by atoms with van der Waals surface area (Å²) in [5.41, 5.74) is 2.58. The number of nitrogens with zero attached hydrogens (tertiary/aromatic N) is 2. The lowest BCUT2D eigenvalue weighted by Gasteiger charge is -2.07. The van der Waals surface area contributed by atoms with Gasteiger partial charge in [0.2, 0.25) is 0 Å². The maximum Gasteiger partial charge on any atom is 0.270 e. The largest absolute Gasteiger partial charge is 0.347 e. The van der Waals surface area contributed by atoms with Crippen molar-refractivity contribution in [3.05, 3.63) is 84.4 Å². The van der Waals surface area contributed by atoms with E-state index in [0.29, 0.717) is 12.2 Å². The zero-order valence-electron chi connectivity index (χ0n) is 11.4. The van der Waals surface area contributed by atoms with Crippen LogP contribution in [-0.4, -0.2) is 15.5 Å². The van der Waals surface area contributed by atoms with Crippen LogP contribution in [0.3, 0.4) is 0 Å². The van der Waals surface area contributed by atoms with Gasteiger partial charge in [-0.2, -0.15) is 0 Å². The fourth-order valence-corrected chi connectivity index (χ4v) is 2.06. The summed E-state index contributed by atoms with van der Waals surface area (Å²) in [4.78, 5) is 15.9. The number of amides is 1. The molecule has 0 saturated heterocycles. The molecule has 0 spiro atoms. The summed E-state index contributed by atoms with van der Waals surface area (Å²) in [6, 6.07) is 17.3. The van der Waals surface area contributed by atoms with Gasteiger partial charge in [0, 0.05) is 30.8 Å². The highest BCUT2D eigenvalue weighted by molar-refractivity contribution is 5.92. The summed E-state index contributed by atoms with van der Waals surface area (Å²) < 4.78 is 2.04. The van der Waals surface area contributed by atoms with Crippen molar-refractivity contribution in [1.29, 1.82) is 0 Å². The van der Waals surface area contributed by atoms with Gasteiger partial charge < -0.3 is 9.88 Å². The fraction of sp³-hybridized carbons (Fsp3) is 0.0588. The van der Waals surface area contributed by atoms with Crippen LogP contribution < -0.4 is 5.32 Å². The van der Waals surface area contributed by atoms with Gasteiger partial charge in [-0.05, 0) is 42.0 Å². The van der Waals surface area contributed by atoms with Gasteiger partial charge in [0.1, 0.15) is 5.69 Å². The van der Waals surface area contributed by atoms with Crippen molar-refractivity contribution in [2.45, 2.75) is 6.54 Å². The van der Waals surface area contributed by atoms with Crippen molar-refractivity contribution in [3.63, 3.8) is 0 Å². The molecule has 4 nitrogen and oxygen atoms in total. The van der Waals surface area contributed by atoms with Gasteiger partial charge in [-0.15, -0.1) is 0 Å². The van der Waals surface area contributed by atoms with Gasteiger partial charge in [-0.3, -0.25) is 9.78 Å². The van der Waals surface area contributed by atoms with Crippen LogP contribution in [0.4, 0.5) is 0 Å². The van der Waals surface area contributed by atoms with E-state index < -0.39 is 0 Å². The molecule has 0 radical (unpaired) electrons. The Morgan fingerprint density at radius 1 is 1.00 bits per heavy atom. The Hall–Kier alpha value is -2.88. The second-order valence-corrected chi connectivity index (χ2v) is 4.65. The molecule has 0 aliphatic carbocycles. The van der Waals surface area contributed by atoms with Crippen LogP contribution in [0.5, 0.6) is 0 Å². The molecule has 0 fully saturated rings. The van der Waals surface area contributed by atoms with Crippen molar-refractivity contribution in [2.75, 3.05) is 0 Å². The number of aromatic nitrogens is 2. The maximum atomic E-state index is 11.9. The number of nitrogens with one attached hydrogen (secondary N) is 1. The number of carbonyl (C=O) groups is 1. The van der Waals surface area contributed by atoms with Gasteiger partial charge in [0.05, 0.1) is 0 Å². The molecular weight excluding hydrogens is 262 g/mol. The smallest absolute Gasteiger partial charge is 0.270 e. The van der Waals surface area contributed by atoms with Crippen molar-refractivity contribution >= 4 is 5.91 Å². The lowest BCUT2D eigenvalue weighted by molar-refractivity contribution is 0.0946. The lowest BCUT2D eigenvalue weighted by Crippen LogP contribution is -2.23. The van der Waals surface area contributed by atoms with Crippen LogP contribution in [0.15, 0.2) is 73.2 Å². The van der Waals surface area contributed by atoms with E-state index in [9.17, 15) is 4.79 Å². The predicted octanol–water partition coefficient (Wildman–Crippen LogP) is 2.80. The van der Waals surface area contributed by atoms with Gasteiger partial charge in [0.25, 0.3) is 5.91 Å². The molecule has 3 aromatic rings. The molecule has 104 valence electrons. The van der Waals surface area contributed by atoms with Crippen molar-refractivity contribution in [1.82, 2.24) is 14.9 Å². The van der Waals surface area contributed by atoms with E-state index in [0.717, 1.165) is 11.3 Å². The van der Waals surface area contributed by atoms with Gasteiger partial charge in [0.15, 0.2) is 0 Å². The van der Waals surface area contributed by atoms with E-state index in [1.165, 1.54) is 0 Å². The molecule has 0 aliphatic heterocycles. The maximum absolute atomic E-state index is 11.9. The first-order valence-corrected chi connectivity index (χ1v) is 6.74. The summed E-state index contributed by atoms with van der Waals surface area (Å²) in [6.45, 7) is 0.487. The molecule has 0 saturated carbocycles. The van der Waals surface area contributed by atoms with E-state index >= 15 is 0 Å². The van der Waals surface area contributed by atoms with Crippen LogP contribution in [0.25, 0.3) is 5.69 Å². The molecule has 0 atom stereocenters. The highest BCUT2D eigenvalue weighted by atomic mass is 16.1. The zero-order valence-corrected chi connectivity index (χ0v) is 11.4. The number of hydrogen-bond donors (Lipinski definition) is 1. The van der Waals surface area contributed by atoms with E-state index in [1.807, 2.05) is 53.4 Å². The highest BCUT2D eigenvalue weighted by Gasteiger charge is 2.05. The average molecular weight is 277 g/mol. The Kier molecular flexibility index (Phi) is 3.78. The molecule has 0 aliphatic rings. The van der Waals surface area contributed by atoms with E-state index in [-0.39, 0.29) is 5.91 Å². The Labute approximate surface area is 123 Å². The second-order valence-electron chi connectivity index (χ2n) is 4.65. The predicted molar refractivity (Wildman–Crippen MR) is 81.2 cm³/mol. The summed E-state index contributed by atoms with van der Waals surface area (Å²) in [5.74, 6) is -0.162. The van der Waals surface area contributed by atoms with Crippen LogP contribution in [0.2, 0.25) is 0 Å². The number of rotatable bonds is 4. The van der Waals surface area contributed by atoms with E-state index in [2.05, 4.69) is 10.3 Å². The number of carbonyl (C=O) groups excluding carboxylic acids is 1. The summed E-state index contributed by atoms with van der Waals surface area (Å²) in [5, 5.41) is 2.86. The topological polar surface area (TPSA) is 46.9 Å². The van der Waals surface area contributed by atoms with Crippen LogP contribution >= 0.6 is 0 Å². The molecule has 1 aromatic carbocycles. The minimum absolute atomic E-state index is 0.162. The Morgan fingerprint density at radius 3 is 2.43 bits per heavy atom. The van der Waals surface area contributed by atoms with E-state index in [1.54, 1.807) is 24.4 Å². The quantitative estimate of drug-likeness (QED) is 0.797. The van der Waals surface area contributed by atoms with Gasteiger partial charge in [-0.1, -0.05) is 18.2 Å². The van der Waals surface area contributed by atoms with Crippen molar-refractivity contribution < 1.29 is 4.79 Å². The minimum Gasteiger partial charge on any atom is -0.347 e. The van der Waals surface area contributed by atoms with Gasteiger partial charge in [-0.25, -0.2) is 0 Å². The van der Waals surface area contributed by atoms with Crippen LogP contribution in [0.1, 0.15) is 16.1 Å². The molecule has 2 heterocycles. The lowest BCUT2D eigenvalue weighted by atomic mass is 10.2. The molecule has 2 aromatic heterocycles. The summed E-state index contributed by atoms with van der Waals surface area (Å²) in [6.07, 6.45) is 5.61. The Morgan fingerprint density at radius 2 is 1.76 bits per heavy atom. The zero-order chi connectivity index (χ0) is 14.5. The molecule has 4 heteroatoms. The molecule has 0 bridgehead atoms. The van der Waals surface area contributed by atoms with E-state index in [4.69, 9.17) is 0 Å². The standard InChI is InChI=1S/C17H15N3O/c21-17(16-5-1-2-10-18-16)19-13-14-6-8-15(9-7-14)20-11-3-4-12-20/h1-12H,13H2,(H,19,21). The van der Waals surface area contributed by atoms with Crippen molar-refractivity contribution in [3.8, 4) is 5.69 Å². The van der Waals surface area contributed by atoms with Crippen molar-refractivity contribution in [2.24, 2.45) is 0 Å². The minimum atomic E-state index is -0.162. The highest BCUT2D eigenvalue weighted by Crippen LogP contribution is 2.10. The molecule has 21 heavy (non-hydrogen) atoms. The normalized spacial score (nSPS) is 10.3. The molecule has 0 unspecified atom stereocenters. The SMILES string of the molecule is O=C(NCc1ccc(-n2cccc2)cc1)c1ccccn1. The summed E-state index contributed by atoms with van der Waals surface area (Å²) >= 11 is 0. The summed E-state index contributed by atoms with van der Waals surface area (Å²) in [7, 11) is 0. The third-order valence-corrected chi connectivity index (χ3v) is 3.19. The Balaban J connectivity index is 1.62. The average Bonchev–Trinajstić information content (AvgIpc) is 3.08. The van der Waals surface area contributed by atoms with Crippen LogP contribution in [-0.2, 0) is 6.54 Å². The molecular formula is C17H15N3O. The molecule has 1 amide bonds. The third kappa shape index (κ3) is 3.17. The third-order valence-electron chi connectivity index (χ3n) is 3.19. The number of pyridine rings is 1. The monoisotopic (exact) mass is 277 g/mol. The second kappa shape index (κ2) is 6.05. The fourth-order valence-electron chi connectivity index (χ4n) is 2.06. The number of benzene rings is 1. The Bertz CT molecular complexity index is 704. The van der Waals surface area contributed by atoms with Gasteiger partial charge >= 0.3 is 0 Å². The first-order valence-electron chi connectivity index (χ1n) is 6.74.